The second kappa shape index (κ2) is 48.5. The molecule has 0 aromatic rings. The van der Waals surface area contributed by atoms with Gasteiger partial charge in [-0.3, -0.25) is 43.3 Å². The summed E-state index contributed by atoms with van der Waals surface area (Å²) < 4.78 is 51.4. The maximum atomic E-state index is 12.5. The summed E-state index contributed by atoms with van der Waals surface area (Å²) in [4.78, 5) is 95.4. The van der Waals surface area contributed by atoms with Crippen LogP contribution in [-0.4, -0.2) is 239 Å². The first-order valence-electron chi connectivity index (χ1n) is 26.6. The van der Waals surface area contributed by atoms with Crippen LogP contribution >= 0.6 is 11.8 Å². The largest absolute Gasteiger partial charge is 0.481 e. The number of aliphatic carboxylic acids is 1. The molecule has 7 unspecified atom stereocenters. The molecular weight excluding hydrogens is 1070 g/mol. The van der Waals surface area contributed by atoms with Crippen molar-refractivity contribution in [1.29, 1.82) is 0 Å². The number of methoxy groups -OCH3 is 3. The predicted octanol–water partition coefficient (Wildman–Crippen LogP) is 0.564. The molecule has 0 aliphatic carbocycles. The molecule has 1 rings (SSSR count). The first kappa shape index (κ1) is 76.9. The Balaban J connectivity index is 0. The predicted molar refractivity (Wildman–Crippen MR) is 286 cm³/mol. The number of carbonyl (C=O) groups excluding carboxylic acids is 7. The summed E-state index contributed by atoms with van der Waals surface area (Å²) in [5, 5.41) is 51.6. The molecule has 0 saturated carbocycles. The van der Waals surface area contributed by atoms with Crippen molar-refractivity contribution in [3.05, 3.63) is 0 Å². The van der Waals surface area contributed by atoms with E-state index < -0.39 is 48.1 Å². The molecule has 8 N–H and O–H groups in total. The van der Waals surface area contributed by atoms with Crippen molar-refractivity contribution in [3.8, 4) is 0 Å². The van der Waals surface area contributed by atoms with Crippen LogP contribution in [0.15, 0.2) is 0 Å². The number of aliphatic hydroxyl groups is 4. The number of hydrogen-bond acceptors (Lipinski definition) is 23. The van der Waals surface area contributed by atoms with E-state index in [0.717, 1.165) is 0 Å². The van der Waals surface area contributed by atoms with Gasteiger partial charge in [0, 0.05) is 97.2 Å². The van der Waals surface area contributed by atoms with Gasteiger partial charge in [-0.1, -0.05) is 41.5 Å². The van der Waals surface area contributed by atoms with Gasteiger partial charge in [-0.05, 0) is 32.1 Å². The average Bonchev–Trinajstić information content (AvgIpc) is 3.68. The van der Waals surface area contributed by atoms with E-state index >= 15 is 0 Å². The number of carboxylic acids is 1. The molecule has 1 aliphatic heterocycles. The Morgan fingerprint density at radius 3 is 1.44 bits per heavy atom. The highest BCUT2D eigenvalue weighted by Crippen LogP contribution is 2.34. The quantitative estimate of drug-likeness (QED) is 0.0179. The zero-order valence-corrected chi connectivity index (χ0v) is 48.7. The fourth-order valence-corrected chi connectivity index (χ4v) is 7.54. The van der Waals surface area contributed by atoms with Crippen molar-refractivity contribution >= 4 is 59.2 Å². The summed E-state index contributed by atoms with van der Waals surface area (Å²) in [5.41, 5.74) is 0. The molecule has 0 spiro atoms. The van der Waals surface area contributed by atoms with Crippen molar-refractivity contribution in [2.24, 2.45) is 0 Å². The number of esters is 2. The molecule has 1 saturated heterocycles. The van der Waals surface area contributed by atoms with E-state index in [1.807, 2.05) is 41.5 Å². The van der Waals surface area contributed by atoms with Crippen LogP contribution in [0.5, 0.6) is 0 Å². The molecule has 79 heavy (non-hydrogen) atoms. The number of hydrogen-bond donors (Lipinski definition) is 8. The van der Waals surface area contributed by atoms with Crippen LogP contribution in [0.3, 0.4) is 0 Å². The molecule has 462 valence electrons. The molecule has 27 nitrogen and oxygen atoms in total. The number of thioether (sulfide) groups is 1. The van der Waals surface area contributed by atoms with Crippen LogP contribution in [0.25, 0.3) is 0 Å². The lowest BCUT2D eigenvalue weighted by Crippen LogP contribution is -2.36. The Labute approximate surface area is 469 Å². The Morgan fingerprint density at radius 2 is 1.01 bits per heavy atom. The minimum absolute atomic E-state index is 0.0286. The van der Waals surface area contributed by atoms with Crippen LogP contribution in [0.2, 0.25) is 0 Å². The molecule has 0 bridgehead atoms. The van der Waals surface area contributed by atoms with E-state index in [1.165, 1.54) is 38.0 Å². The van der Waals surface area contributed by atoms with Crippen LogP contribution < -0.4 is 16.0 Å². The Kier molecular flexibility index (Phi) is 47.2. The van der Waals surface area contributed by atoms with Gasteiger partial charge in [0.15, 0.2) is 18.9 Å². The number of amides is 5. The van der Waals surface area contributed by atoms with E-state index in [0.29, 0.717) is 25.7 Å². The van der Waals surface area contributed by atoms with Crippen LogP contribution in [0.1, 0.15) is 119 Å². The van der Waals surface area contributed by atoms with Gasteiger partial charge in [0.2, 0.25) is 29.5 Å². The number of imide groups is 1. The lowest BCUT2D eigenvalue weighted by molar-refractivity contribution is -0.194. The van der Waals surface area contributed by atoms with Crippen molar-refractivity contribution in [1.82, 2.24) is 20.9 Å². The zero-order valence-electron chi connectivity index (χ0n) is 47.9. The maximum Gasteiger partial charge on any atom is 0.305 e. The molecular formula is C51H94N4O23S. The van der Waals surface area contributed by atoms with Gasteiger partial charge in [0.05, 0.1) is 76.4 Å². The van der Waals surface area contributed by atoms with Gasteiger partial charge < -0.3 is 88.9 Å². The third-order valence-corrected chi connectivity index (χ3v) is 12.1. The summed E-state index contributed by atoms with van der Waals surface area (Å²) in [6.45, 7) is 12.6. The Hall–Kier alpha value is -4.17. The number of ether oxygens (including phenoxy) is 10. The number of nitrogens with zero attached hydrogens (tertiary/aromatic N) is 1. The minimum Gasteiger partial charge on any atom is -0.481 e. The van der Waals surface area contributed by atoms with Gasteiger partial charge in [-0.25, -0.2) is 0 Å². The standard InChI is InChI=1S/C32H56N4O12S.C12H22O7.C7H16O4/c1-6-23(21-37)48-30(44-5)22-47-29(42)9-7-8-25(38)33-12-13-34-27(40)11-16-45-18-19-46-17-14-35-26(39)10-15-36-28(41)20-24(31(36)43)49-32(2,3)4;1-3-9(7-13)19-12(17-2)8-18-11(16)6-4-5-10(14)15;1-3-6(4-8)11-7(5-9)10-2/h23-24,30,37H,6-22H2,1-5H3,(H,33,38)(H,34,40)(H,35,39);9,12-13H,3-8H2,1-2H3,(H,14,15);6-9H,3-5H2,1-2H3. The van der Waals surface area contributed by atoms with Crippen molar-refractivity contribution < 1.29 is 111 Å². The highest BCUT2D eigenvalue weighted by Gasteiger charge is 2.40. The molecule has 0 aromatic carbocycles. The minimum atomic E-state index is -0.945. The van der Waals surface area contributed by atoms with Crippen LogP contribution in [-0.2, 0) is 85.7 Å². The van der Waals surface area contributed by atoms with E-state index in [2.05, 4.69) is 16.0 Å². The summed E-state index contributed by atoms with van der Waals surface area (Å²) in [6.07, 6.45) is -0.255. The topological polar surface area (TPSA) is 369 Å². The monoisotopic (exact) mass is 1160 g/mol. The molecule has 1 fully saturated rings. The third-order valence-electron chi connectivity index (χ3n) is 10.7. The van der Waals surface area contributed by atoms with E-state index in [-0.39, 0.29) is 190 Å². The fraction of sp³-hybridized carbons (Fsp3) is 0.843. The first-order chi connectivity index (χ1) is 37.6. The number of aliphatic hydroxyl groups excluding tert-OH is 4. The number of nitrogens with one attached hydrogen (secondary N) is 3. The molecule has 5 amide bonds. The van der Waals surface area contributed by atoms with Gasteiger partial charge in [0.1, 0.15) is 13.2 Å². The van der Waals surface area contributed by atoms with Crippen molar-refractivity contribution in [2.45, 2.75) is 166 Å². The number of likely N-dealkylation sites (tertiary alicyclic amines) is 1. The van der Waals surface area contributed by atoms with E-state index in [9.17, 15) is 43.5 Å². The smallest absolute Gasteiger partial charge is 0.305 e. The van der Waals surface area contributed by atoms with Gasteiger partial charge in [-0.15, -0.1) is 11.8 Å². The van der Waals surface area contributed by atoms with Gasteiger partial charge in [0.25, 0.3) is 0 Å². The summed E-state index contributed by atoms with van der Waals surface area (Å²) in [7, 11) is 4.27. The lowest BCUT2D eigenvalue weighted by Gasteiger charge is -2.21. The van der Waals surface area contributed by atoms with E-state index in [1.54, 1.807) is 0 Å². The summed E-state index contributed by atoms with van der Waals surface area (Å²) in [6, 6.07) is 0. The van der Waals surface area contributed by atoms with Gasteiger partial charge in [-0.2, -0.15) is 0 Å². The normalized spacial score (nSPS) is 15.5. The fourth-order valence-electron chi connectivity index (χ4n) is 6.23. The van der Waals surface area contributed by atoms with Crippen LogP contribution in [0, 0.1) is 0 Å². The Morgan fingerprint density at radius 1 is 0.582 bits per heavy atom. The van der Waals surface area contributed by atoms with Crippen molar-refractivity contribution in [3.63, 3.8) is 0 Å². The molecule has 0 radical (unpaired) electrons. The molecule has 0 aromatic heterocycles. The number of rotatable bonds is 44. The first-order valence-corrected chi connectivity index (χ1v) is 27.5. The molecule has 7 atom stereocenters. The Bertz CT molecular complexity index is 1650. The van der Waals surface area contributed by atoms with E-state index in [4.69, 9.17) is 67.8 Å². The summed E-state index contributed by atoms with van der Waals surface area (Å²) >= 11 is 1.46. The SMILES string of the molecule is CCC(CO)OC(CO)OC.CCC(CO)OC(COC(=O)CCCC(=O)NCCNC(=O)CCOCCOCCNC(=O)CCN1C(=O)CC(SC(C)(C)C)C1=O)OC.CCC(CO)OC(COC(=O)CCCC(=O)O)OC. The van der Waals surface area contributed by atoms with Gasteiger partial charge >= 0.3 is 17.9 Å². The second-order valence-electron chi connectivity index (χ2n) is 18.3. The lowest BCUT2D eigenvalue weighted by atomic mass is 10.2. The third kappa shape index (κ3) is 42.4. The average molecular weight is 1160 g/mol. The molecule has 1 aliphatic rings. The number of carboxylic acid groups (broad SMARTS) is 1. The second-order valence-corrected chi connectivity index (χ2v) is 20.3. The van der Waals surface area contributed by atoms with Crippen molar-refractivity contribution in [2.75, 3.05) is 114 Å². The maximum absolute atomic E-state index is 12.5. The highest BCUT2D eigenvalue weighted by molar-refractivity contribution is 8.01. The molecule has 28 heteroatoms. The zero-order chi connectivity index (χ0) is 60.0. The van der Waals surface area contributed by atoms with Crippen LogP contribution in [0.4, 0.5) is 0 Å². The number of carbonyl (C=O) groups is 8. The highest BCUT2D eigenvalue weighted by atomic mass is 32.2. The summed E-state index contributed by atoms with van der Waals surface area (Å²) in [5.74, 6) is -3.18. The molecule has 1 heterocycles.